The van der Waals surface area contributed by atoms with E-state index in [9.17, 15) is 18.0 Å². The number of urea groups is 1. The number of sulfonamides is 1. The van der Waals surface area contributed by atoms with E-state index in [2.05, 4.69) is 5.32 Å². The molecule has 1 aliphatic carbocycles. The molecule has 0 aromatic carbocycles. The van der Waals surface area contributed by atoms with Crippen LogP contribution in [0.1, 0.15) is 25.7 Å². The van der Waals surface area contributed by atoms with E-state index >= 15 is 0 Å². The quantitative estimate of drug-likeness (QED) is 0.732. The van der Waals surface area contributed by atoms with E-state index in [4.69, 9.17) is 0 Å². The number of likely N-dealkylation sites (tertiary alicyclic amines) is 1. The van der Waals surface area contributed by atoms with Crippen LogP contribution >= 0.6 is 0 Å². The van der Waals surface area contributed by atoms with Gasteiger partial charge in [-0.3, -0.25) is 4.79 Å². The molecule has 26 heavy (non-hydrogen) atoms. The summed E-state index contributed by atoms with van der Waals surface area (Å²) in [6, 6.07) is -0.0716. The van der Waals surface area contributed by atoms with Crippen LogP contribution in [0.4, 0.5) is 4.79 Å². The molecule has 9 heteroatoms. The molecule has 8 nitrogen and oxygen atoms in total. The molecule has 1 saturated carbocycles. The molecular formula is C17H30N4O4S. The summed E-state index contributed by atoms with van der Waals surface area (Å²) in [7, 11) is 1.78. The number of amides is 3. The standard InChI is InChI=1S/C17H30N4O4S/c1-18-15(23)20-9-7-16(8-10-20)5-6-17(14(22)19(2)3)12-21(11-13(16)17)26(4,24)25/h13H,5-12H2,1-4H3,(H,18,23)/t13-,17+/m0/s1. The first-order valence-corrected chi connectivity index (χ1v) is 11.0. The topological polar surface area (TPSA) is 90.0 Å². The van der Waals surface area contributed by atoms with Gasteiger partial charge in [-0.2, -0.15) is 0 Å². The highest BCUT2D eigenvalue weighted by atomic mass is 32.2. The molecule has 0 unspecified atom stereocenters. The zero-order valence-electron chi connectivity index (χ0n) is 16.1. The molecule has 0 aromatic heterocycles. The molecule has 3 amide bonds. The number of fused-ring (bicyclic) bond motifs is 2. The molecule has 1 N–H and O–H groups in total. The third-order valence-electron chi connectivity index (χ3n) is 6.88. The summed E-state index contributed by atoms with van der Waals surface area (Å²) in [6.45, 7) is 2.01. The lowest BCUT2D eigenvalue weighted by Gasteiger charge is -2.44. The Morgan fingerprint density at radius 1 is 1.12 bits per heavy atom. The number of carbonyl (C=O) groups is 2. The summed E-state index contributed by atoms with van der Waals surface area (Å²) >= 11 is 0. The molecular weight excluding hydrogens is 356 g/mol. The fourth-order valence-electron chi connectivity index (χ4n) is 5.48. The molecule has 3 rings (SSSR count). The van der Waals surface area contributed by atoms with Gasteiger partial charge in [0.05, 0.1) is 11.7 Å². The Balaban J connectivity index is 1.90. The number of nitrogens with one attached hydrogen (secondary N) is 1. The van der Waals surface area contributed by atoms with Crippen LogP contribution in [0.15, 0.2) is 0 Å². The van der Waals surface area contributed by atoms with Gasteiger partial charge < -0.3 is 15.1 Å². The van der Waals surface area contributed by atoms with Crippen LogP contribution in [-0.4, -0.2) is 88.0 Å². The van der Waals surface area contributed by atoms with Crippen molar-refractivity contribution in [1.29, 1.82) is 0 Å². The van der Waals surface area contributed by atoms with Crippen molar-refractivity contribution in [2.24, 2.45) is 16.7 Å². The summed E-state index contributed by atoms with van der Waals surface area (Å²) in [5.74, 6) is 0.0609. The molecule has 2 atom stereocenters. The SMILES string of the molecule is CNC(=O)N1CCC2(CC1)CC[C@@]1(C(=O)N(C)C)CN(S(C)(=O)=O)C[C@@H]21. The van der Waals surface area contributed by atoms with Crippen LogP contribution in [0, 0.1) is 16.7 Å². The van der Waals surface area contributed by atoms with Crippen molar-refractivity contribution >= 4 is 22.0 Å². The monoisotopic (exact) mass is 386 g/mol. The highest BCUT2D eigenvalue weighted by Gasteiger charge is 2.65. The molecule has 3 fully saturated rings. The van der Waals surface area contributed by atoms with Crippen LogP contribution in [0.2, 0.25) is 0 Å². The predicted octanol–water partition coefficient (Wildman–Crippen LogP) is 0.168. The first-order valence-electron chi connectivity index (χ1n) is 9.19. The van der Waals surface area contributed by atoms with Crippen molar-refractivity contribution in [2.75, 3.05) is 53.6 Å². The second-order valence-electron chi connectivity index (χ2n) is 8.37. The smallest absolute Gasteiger partial charge is 0.317 e. The molecule has 2 heterocycles. The fraction of sp³-hybridized carbons (Fsp3) is 0.882. The maximum Gasteiger partial charge on any atom is 0.317 e. The Bertz CT molecular complexity index is 700. The van der Waals surface area contributed by atoms with E-state index in [1.165, 1.54) is 10.6 Å². The summed E-state index contributed by atoms with van der Waals surface area (Å²) in [5.41, 5.74) is -0.683. The van der Waals surface area contributed by atoms with E-state index in [0.717, 1.165) is 25.7 Å². The average molecular weight is 387 g/mol. The van der Waals surface area contributed by atoms with E-state index in [-0.39, 0.29) is 29.8 Å². The van der Waals surface area contributed by atoms with Crippen molar-refractivity contribution in [3.05, 3.63) is 0 Å². The van der Waals surface area contributed by atoms with Gasteiger partial charge in [0.15, 0.2) is 0 Å². The lowest BCUT2D eigenvalue weighted by Crippen LogP contribution is -2.50. The van der Waals surface area contributed by atoms with Gasteiger partial charge in [0.25, 0.3) is 0 Å². The molecule has 3 aliphatic rings. The largest absolute Gasteiger partial charge is 0.348 e. The Labute approximate surface area is 155 Å². The van der Waals surface area contributed by atoms with Crippen LogP contribution in [0.5, 0.6) is 0 Å². The van der Waals surface area contributed by atoms with Crippen LogP contribution < -0.4 is 5.32 Å². The zero-order chi connectivity index (χ0) is 19.3. The van der Waals surface area contributed by atoms with E-state index < -0.39 is 15.4 Å². The molecule has 2 saturated heterocycles. The first-order chi connectivity index (χ1) is 12.1. The third-order valence-corrected chi connectivity index (χ3v) is 8.10. The van der Waals surface area contributed by atoms with Gasteiger partial charge in [0.1, 0.15) is 0 Å². The number of hydrogen-bond acceptors (Lipinski definition) is 4. The molecule has 1 spiro atoms. The summed E-state index contributed by atoms with van der Waals surface area (Å²) in [5, 5.41) is 2.67. The number of rotatable bonds is 2. The zero-order valence-corrected chi connectivity index (χ0v) is 16.9. The highest BCUT2D eigenvalue weighted by molar-refractivity contribution is 7.88. The summed E-state index contributed by atoms with van der Waals surface area (Å²) < 4.78 is 25.9. The number of hydrogen-bond donors (Lipinski definition) is 1. The van der Waals surface area contributed by atoms with Gasteiger partial charge >= 0.3 is 6.03 Å². The van der Waals surface area contributed by atoms with Gasteiger partial charge in [0.2, 0.25) is 15.9 Å². The van der Waals surface area contributed by atoms with Gasteiger partial charge in [-0.25, -0.2) is 17.5 Å². The second-order valence-corrected chi connectivity index (χ2v) is 10.4. The average Bonchev–Trinajstić information content (AvgIpc) is 3.12. The summed E-state index contributed by atoms with van der Waals surface area (Å²) in [6.07, 6.45) is 4.52. The molecule has 0 bridgehead atoms. The minimum atomic E-state index is -3.34. The van der Waals surface area contributed by atoms with Crippen molar-refractivity contribution in [2.45, 2.75) is 25.7 Å². The third kappa shape index (κ3) is 2.89. The van der Waals surface area contributed by atoms with Gasteiger partial charge in [-0.05, 0) is 37.0 Å². The minimum Gasteiger partial charge on any atom is -0.348 e. The van der Waals surface area contributed by atoms with Crippen molar-refractivity contribution in [3.63, 3.8) is 0 Å². The number of piperidine rings is 1. The molecule has 0 radical (unpaired) electrons. The Hall–Kier alpha value is -1.35. The van der Waals surface area contributed by atoms with Gasteiger partial charge in [0, 0.05) is 47.3 Å². The molecule has 148 valence electrons. The van der Waals surface area contributed by atoms with E-state index in [1.54, 1.807) is 26.0 Å². The normalized spacial score (nSPS) is 31.1. The van der Waals surface area contributed by atoms with Gasteiger partial charge in [-0.15, -0.1) is 0 Å². The van der Waals surface area contributed by atoms with Crippen molar-refractivity contribution in [1.82, 2.24) is 19.4 Å². The van der Waals surface area contributed by atoms with Crippen molar-refractivity contribution in [3.8, 4) is 0 Å². The minimum absolute atomic E-state index is 0.0199. The maximum atomic E-state index is 13.1. The highest BCUT2D eigenvalue weighted by Crippen LogP contribution is 2.62. The van der Waals surface area contributed by atoms with Crippen LogP contribution in [-0.2, 0) is 14.8 Å². The predicted molar refractivity (Wildman–Crippen MR) is 98.0 cm³/mol. The second kappa shape index (κ2) is 6.37. The van der Waals surface area contributed by atoms with Crippen LogP contribution in [0.3, 0.4) is 0 Å². The Morgan fingerprint density at radius 2 is 1.73 bits per heavy atom. The van der Waals surface area contributed by atoms with Crippen LogP contribution in [0.25, 0.3) is 0 Å². The number of nitrogens with zero attached hydrogens (tertiary/aromatic N) is 3. The first kappa shape index (κ1) is 19.4. The Kier molecular flexibility index (Phi) is 4.75. The fourth-order valence-corrected chi connectivity index (χ4v) is 6.37. The molecule has 2 aliphatic heterocycles. The lowest BCUT2D eigenvalue weighted by molar-refractivity contribution is -0.141. The Morgan fingerprint density at radius 3 is 2.23 bits per heavy atom. The van der Waals surface area contributed by atoms with E-state index in [1.807, 2.05) is 4.90 Å². The summed E-state index contributed by atoms with van der Waals surface area (Å²) in [4.78, 5) is 28.4. The maximum absolute atomic E-state index is 13.1. The van der Waals surface area contributed by atoms with Crippen molar-refractivity contribution < 1.29 is 18.0 Å². The van der Waals surface area contributed by atoms with Gasteiger partial charge in [-0.1, -0.05) is 0 Å². The number of carbonyl (C=O) groups excluding carboxylic acids is 2. The molecule has 0 aromatic rings. The van der Waals surface area contributed by atoms with E-state index in [0.29, 0.717) is 19.6 Å². The lowest BCUT2D eigenvalue weighted by atomic mass is 9.65.